The molecule has 1 aliphatic rings. The molecule has 0 aliphatic carbocycles. The molecule has 21 heavy (non-hydrogen) atoms. The third-order valence-corrected chi connectivity index (χ3v) is 3.85. The second-order valence-corrected chi connectivity index (χ2v) is 5.30. The number of carbonyl (C=O) groups excluding carboxylic acids is 1. The molecule has 0 spiro atoms. The lowest BCUT2D eigenvalue weighted by Gasteiger charge is -2.20. The molecule has 0 radical (unpaired) electrons. The Kier molecular flexibility index (Phi) is 5.33. The number of rotatable bonds is 6. The van der Waals surface area contributed by atoms with E-state index < -0.39 is 12.0 Å². The van der Waals surface area contributed by atoms with Crippen molar-refractivity contribution in [3.8, 4) is 0 Å². The van der Waals surface area contributed by atoms with Crippen molar-refractivity contribution in [3.05, 3.63) is 35.9 Å². The summed E-state index contributed by atoms with van der Waals surface area (Å²) < 4.78 is 5.49. The van der Waals surface area contributed by atoms with Gasteiger partial charge in [0.15, 0.2) is 0 Å². The lowest BCUT2D eigenvalue weighted by molar-refractivity contribution is -0.142. The van der Waals surface area contributed by atoms with Gasteiger partial charge in [-0.05, 0) is 18.4 Å². The number of hydrogen-bond donors (Lipinski definition) is 2. The van der Waals surface area contributed by atoms with Crippen LogP contribution in [0.5, 0.6) is 0 Å². The van der Waals surface area contributed by atoms with E-state index in [1.165, 1.54) is 0 Å². The Hall–Kier alpha value is -1.88. The Bertz CT molecular complexity index is 488. The van der Waals surface area contributed by atoms with Crippen LogP contribution >= 0.6 is 0 Å². The second-order valence-electron chi connectivity index (χ2n) is 5.30. The summed E-state index contributed by atoms with van der Waals surface area (Å²) in [7, 11) is 0. The Labute approximate surface area is 124 Å². The smallest absolute Gasteiger partial charge is 0.326 e. The molecule has 5 heteroatoms. The van der Waals surface area contributed by atoms with Gasteiger partial charge in [0.05, 0.1) is 12.0 Å². The number of amides is 1. The topological polar surface area (TPSA) is 75.6 Å². The van der Waals surface area contributed by atoms with Gasteiger partial charge in [0.2, 0.25) is 5.91 Å². The van der Waals surface area contributed by atoms with Gasteiger partial charge in [0.25, 0.3) is 0 Å². The highest BCUT2D eigenvalue weighted by Crippen LogP contribution is 2.23. The molecule has 1 aliphatic heterocycles. The summed E-state index contributed by atoms with van der Waals surface area (Å²) in [6, 6.07) is 8.39. The number of aliphatic carboxylic acids is 1. The fourth-order valence-electron chi connectivity index (χ4n) is 2.68. The van der Waals surface area contributed by atoms with Crippen LogP contribution in [0.15, 0.2) is 30.3 Å². The van der Waals surface area contributed by atoms with Crippen LogP contribution in [-0.2, 0) is 20.7 Å². The molecule has 1 aromatic rings. The number of nitrogens with one attached hydrogen (secondary N) is 1. The van der Waals surface area contributed by atoms with Crippen LogP contribution in [0, 0.1) is 5.92 Å². The number of carboxylic acids is 1. The third-order valence-electron chi connectivity index (χ3n) is 3.85. The quantitative estimate of drug-likeness (QED) is 0.835. The molecule has 1 saturated heterocycles. The van der Waals surface area contributed by atoms with Crippen LogP contribution in [-0.4, -0.2) is 35.7 Å². The van der Waals surface area contributed by atoms with Crippen molar-refractivity contribution in [2.24, 2.45) is 5.92 Å². The SMILES string of the molecule is CCC1OCCC1C(=O)N[C@@H](Cc1ccccc1)C(=O)O. The van der Waals surface area contributed by atoms with E-state index in [1.807, 2.05) is 37.3 Å². The summed E-state index contributed by atoms with van der Waals surface area (Å²) in [5.74, 6) is -1.48. The van der Waals surface area contributed by atoms with Gasteiger partial charge in [-0.1, -0.05) is 37.3 Å². The van der Waals surface area contributed by atoms with Gasteiger partial charge in [0, 0.05) is 13.0 Å². The van der Waals surface area contributed by atoms with Crippen LogP contribution in [0.1, 0.15) is 25.3 Å². The Morgan fingerprint density at radius 2 is 2.10 bits per heavy atom. The minimum absolute atomic E-state index is 0.101. The fourth-order valence-corrected chi connectivity index (χ4v) is 2.68. The van der Waals surface area contributed by atoms with Gasteiger partial charge >= 0.3 is 5.97 Å². The van der Waals surface area contributed by atoms with E-state index in [1.54, 1.807) is 0 Å². The minimum atomic E-state index is -1.01. The molecule has 0 saturated carbocycles. The maximum absolute atomic E-state index is 12.3. The van der Waals surface area contributed by atoms with Gasteiger partial charge in [-0.15, -0.1) is 0 Å². The van der Waals surface area contributed by atoms with Crippen molar-refractivity contribution < 1.29 is 19.4 Å². The standard InChI is InChI=1S/C16H21NO4/c1-2-14-12(8-9-21-14)15(18)17-13(16(19)20)10-11-6-4-3-5-7-11/h3-7,12-14H,2,8-10H2,1H3,(H,17,18)(H,19,20)/t12?,13-,14?/m0/s1. The number of ether oxygens (including phenoxy) is 1. The third kappa shape index (κ3) is 4.04. The van der Waals surface area contributed by atoms with Crippen LogP contribution in [0.2, 0.25) is 0 Å². The molecule has 0 aromatic heterocycles. The molecule has 1 fully saturated rings. The predicted octanol–water partition coefficient (Wildman–Crippen LogP) is 1.61. The van der Waals surface area contributed by atoms with E-state index in [0.717, 1.165) is 12.0 Å². The first-order valence-electron chi connectivity index (χ1n) is 7.30. The van der Waals surface area contributed by atoms with Crippen LogP contribution in [0.4, 0.5) is 0 Å². The van der Waals surface area contributed by atoms with Crippen molar-refractivity contribution in [1.82, 2.24) is 5.32 Å². The summed E-state index contributed by atoms with van der Waals surface area (Å²) in [6.07, 6.45) is 1.60. The average Bonchev–Trinajstić information content (AvgIpc) is 2.96. The molecule has 2 unspecified atom stereocenters. The molecular formula is C16H21NO4. The van der Waals surface area contributed by atoms with Crippen LogP contribution in [0.25, 0.3) is 0 Å². The highest BCUT2D eigenvalue weighted by atomic mass is 16.5. The molecule has 114 valence electrons. The van der Waals surface area contributed by atoms with Crippen molar-refractivity contribution in [3.63, 3.8) is 0 Å². The van der Waals surface area contributed by atoms with E-state index >= 15 is 0 Å². The molecule has 2 N–H and O–H groups in total. The second kappa shape index (κ2) is 7.22. The zero-order valence-electron chi connectivity index (χ0n) is 12.1. The molecule has 1 heterocycles. The summed E-state index contributed by atoms with van der Waals surface area (Å²) in [5, 5.41) is 12.0. The predicted molar refractivity (Wildman–Crippen MR) is 77.9 cm³/mol. The first kappa shape index (κ1) is 15.5. The van der Waals surface area contributed by atoms with Gasteiger partial charge < -0.3 is 15.2 Å². The molecule has 1 aromatic carbocycles. The Morgan fingerprint density at radius 3 is 2.71 bits per heavy atom. The van der Waals surface area contributed by atoms with E-state index in [2.05, 4.69) is 5.32 Å². The first-order chi connectivity index (χ1) is 10.1. The summed E-state index contributed by atoms with van der Waals surface area (Å²) in [4.78, 5) is 23.6. The average molecular weight is 291 g/mol. The number of carboxylic acid groups (broad SMARTS) is 1. The van der Waals surface area contributed by atoms with Gasteiger partial charge in [-0.25, -0.2) is 4.79 Å². The van der Waals surface area contributed by atoms with E-state index in [9.17, 15) is 14.7 Å². The van der Waals surface area contributed by atoms with E-state index in [-0.39, 0.29) is 24.3 Å². The lowest BCUT2D eigenvalue weighted by atomic mass is 9.97. The molecule has 1 amide bonds. The highest BCUT2D eigenvalue weighted by molar-refractivity contribution is 5.85. The highest BCUT2D eigenvalue weighted by Gasteiger charge is 2.34. The molecule has 0 bridgehead atoms. The maximum Gasteiger partial charge on any atom is 0.326 e. The number of carbonyl (C=O) groups is 2. The van der Waals surface area contributed by atoms with Crippen LogP contribution in [0.3, 0.4) is 0 Å². The van der Waals surface area contributed by atoms with Crippen molar-refractivity contribution >= 4 is 11.9 Å². The summed E-state index contributed by atoms with van der Waals surface area (Å²) in [6.45, 7) is 2.53. The summed E-state index contributed by atoms with van der Waals surface area (Å²) in [5.41, 5.74) is 0.889. The zero-order valence-corrected chi connectivity index (χ0v) is 12.1. The number of benzene rings is 1. The summed E-state index contributed by atoms with van der Waals surface area (Å²) >= 11 is 0. The normalized spacial score (nSPS) is 22.7. The van der Waals surface area contributed by atoms with Gasteiger partial charge in [0.1, 0.15) is 6.04 Å². The van der Waals surface area contributed by atoms with Crippen molar-refractivity contribution in [1.29, 1.82) is 0 Å². The van der Waals surface area contributed by atoms with E-state index in [4.69, 9.17) is 4.74 Å². The molecule has 5 nitrogen and oxygen atoms in total. The van der Waals surface area contributed by atoms with Gasteiger partial charge in [-0.2, -0.15) is 0 Å². The van der Waals surface area contributed by atoms with Crippen molar-refractivity contribution in [2.45, 2.75) is 38.3 Å². The minimum Gasteiger partial charge on any atom is -0.480 e. The molecule has 2 rings (SSSR count). The maximum atomic E-state index is 12.3. The van der Waals surface area contributed by atoms with E-state index in [0.29, 0.717) is 13.0 Å². The Balaban J connectivity index is 1.99. The van der Waals surface area contributed by atoms with Crippen molar-refractivity contribution in [2.75, 3.05) is 6.61 Å². The fraction of sp³-hybridized carbons (Fsp3) is 0.500. The number of hydrogen-bond acceptors (Lipinski definition) is 3. The largest absolute Gasteiger partial charge is 0.480 e. The Morgan fingerprint density at radius 1 is 1.38 bits per heavy atom. The van der Waals surface area contributed by atoms with Crippen LogP contribution < -0.4 is 5.32 Å². The van der Waals surface area contributed by atoms with Gasteiger partial charge in [-0.3, -0.25) is 4.79 Å². The molecule has 3 atom stereocenters. The lowest BCUT2D eigenvalue weighted by Crippen LogP contribution is -2.46. The monoisotopic (exact) mass is 291 g/mol. The first-order valence-corrected chi connectivity index (χ1v) is 7.30. The zero-order chi connectivity index (χ0) is 15.2. The molecular weight excluding hydrogens is 270 g/mol.